The summed E-state index contributed by atoms with van der Waals surface area (Å²) in [5, 5.41) is 3.21. The summed E-state index contributed by atoms with van der Waals surface area (Å²) in [4.78, 5) is 2.46. The first-order valence-electron chi connectivity index (χ1n) is 7.45. The zero-order valence-electron chi connectivity index (χ0n) is 12.1. The minimum atomic E-state index is -0.751. The number of piperidine rings is 1. The summed E-state index contributed by atoms with van der Waals surface area (Å²) in [5.41, 5.74) is 0.474. The van der Waals surface area contributed by atoms with Crippen LogP contribution in [0.25, 0.3) is 0 Å². The first kappa shape index (κ1) is 14.0. The fourth-order valence-electron chi connectivity index (χ4n) is 4.13. The van der Waals surface area contributed by atoms with Crippen molar-refractivity contribution < 1.29 is 8.78 Å². The van der Waals surface area contributed by atoms with E-state index in [1.54, 1.807) is 12.1 Å². The average Bonchev–Trinajstić information content (AvgIpc) is 2.66. The number of nitrogens with one attached hydrogen (secondary N) is 1. The van der Waals surface area contributed by atoms with Gasteiger partial charge in [0.1, 0.15) is 0 Å². The number of fused-ring (bicyclic) bond motifs is 2. The third-order valence-electron chi connectivity index (χ3n) is 5.23. The SMILES string of the molecule is CNC(c1cccc(F)c1F)C1CC2CCC(C1)N2C. The van der Waals surface area contributed by atoms with Crippen molar-refractivity contribution in [3.8, 4) is 0 Å². The van der Waals surface area contributed by atoms with E-state index in [2.05, 4.69) is 17.3 Å². The second-order valence-corrected chi connectivity index (χ2v) is 6.19. The molecule has 1 aromatic carbocycles. The van der Waals surface area contributed by atoms with E-state index in [-0.39, 0.29) is 6.04 Å². The molecule has 0 spiro atoms. The minimum absolute atomic E-state index is 0.0949. The molecule has 0 aromatic heterocycles. The van der Waals surface area contributed by atoms with Gasteiger partial charge in [0.2, 0.25) is 0 Å². The predicted octanol–water partition coefficient (Wildman–Crippen LogP) is 3.10. The molecule has 3 unspecified atom stereocenters. The molecule has 0 amide bonds. The lowest BCUT2D eigenvalue weighted by Gasteiger charge is -2.40. The van der Waals surface area contributed by atoms with Crippen molar-refractivity contribution in [3.05, 3.63) is 35.4 Å². The second-order valence-electron chi connectivity index (χ2n) is 6.19. The summed E-state index contributed by atoms with van der Waals surface area (Å²) < 4.78 is 27.5. The number of nitrogens with zero attached hydrogens (tertiary/aromatic N) is 1. The number of halogens is 2. The van der Waals surface area contributed by atoms with Crippen LogP contribution in [0.2, 0.25) is 0 Å². The van der Waals surface area contributed by atoms with Crippen molar-refractivity contribution in [1.82, 2.24) is 10.2 Å². The molecule has 1 aromatic rings. The van der Waals surface area contributed by atoms with E-state index in [1.807, 2.05) is 7.05 Å². The van der Waals surface area contributed by atoms with E-state index < -0.39 is 11.6 Å². The van der Waals surface area contributed by atoms with Gasteiger partial charge in [-0.1, -0.05) is 12.1 Å². The van der Waals surface area contributed by atoms with E-state index in [9.17, 15) is 8.78 Å². The molecule has 1 N–H and O–H groups in total. The van der Waals surface area contributed by atoms with Gasteiger partial charge in [0.15, 0.2) is 11.6 Å². The lowest BCUT2D eigenvalue weighted by molar-refractivity contribution is 0.113. The first-order valence-corrected chi connectivity index (χ1v) is 7.45. The molecule has 2 nitrogen and oxygen atoms in total. The Hall–Kier alpha value is -1.00. The third-order valence-corrected chi connectivity index (χ3v) is 5.23. The van der Waals surface area contributed by atoms with Gasteiger partial charge in [-0.3, -0.25) is 0 Å². The summed E-state index contributed by atoms with van der Waals surface area (Å²) in [7, 11) is 4.03. The van der Waals surface area contributed by atoms with Crippen molar-refractivity contribution in [2.75, 3.05) is 14.1 Å². The average molecular weight is 280 g/mol. The van der Waals surface area contributed by atoms with E-state index in [0.717, 1.165) is 12.8 Å². The predicted molar refractivity (Wildman–Crippen MR) is 75.5 cm³/mol. The summed E-state index contributed by atoms with van der Waals surface area (Å²) >= 11 is 0. The standard InChI is InChI=1S/C16H22F2N2/c1-19-16(13-4-3-5-14(17)15(13)18)10-8-11-6-7-12(9-10)20(11)2/h3-5,10-12,16,19H,6-9H2,1-2H3. The molecule has 2 fully saturated rings. The van der Waals surface area contributed by atoms with Gasteiger partial charge >= 0.3 is 0 Å². The highest BCUT2D eigenvalue weighted by Crippen LogP contribution is 2.42. The Morgan fingerprint density at radius 1 is 1.20 bits per heavy atom. The van der Waals surface area contributed by atoms with Crippen molar-refractivity contribution >= 4 is 0 Å². The van der Waals surface area contributed by atoms with Crippen LogP contribution in [-0.4, -0.2) is 31.1 Å². The molecule has 4 heteroatoms. The van der Waals surface area contributed by atoms with Gasteiger partial charge in [-0.25, -0.2) is 8.78 Å². The summed E-state index contributed by atoms with van der Waals surface area (Å²) in [6.07, 6.45) is 4.60. The highest BCUT2D eigenvalue weighted by Gasteiger charge is 2.41. The normalized spacial score (nSPS) is 31.5. The monoisotopic (exact) mass is 280 g/mol. The number of hydrogen-bond donors (Lipinski definition) is 1. The highest BCUT2D eigenvalue weighted by molar-refractivity contribution is 5.24. The zero-order valence-corrected chi connectivity index (χ0v) is 12.1. The van der Waals surface area contributed by atoms with Crippen molar-refractivity contribution in [1.29, 1.82) is 0 Å². The van der Waals surface area contributed by atoms with Gasteiger partial charge in [0.05, 0.1) is 0 Å². The smallest absolute Gasteiger partial charge is 0.163 e. The Morgan fingerprint density at radius 3 is 2.45 bits per heavy atom. The Kier molecular flexibility index (Phi) is 3.78. The maximum atomic E-state index is 14.1. The molecule has 3 atom stereocenters. The number of rotatable bonds is 3. The van der Waals surface area contributed by atoms with E-state index in [4.69, 9.17) is 0 Å². The largest absolute Gasteiger partial charge is 0.313 e. The van der Waals surface area contributed by atoms with Gasteiger partial charge in [-0.05, 0) is 51.8 Å². The van der Waals surface area contributed by atoms with Gasteiger partial charge in [-0.2, -0.15) is 0 Å². The Bertz CT molecular complexity index is 477. The Morgan fingerprint density at radius 2 is 1.85 bits per heavy atom. The van der Waals surface area contributed by atoms with Crippen LogP contribution < -0.4 is 5.32 Å². The van der Waals surface area contributed by atoms with Crippen molar-refractivity contribution in [2.24, 2.45) is 5.92 Å². The summed E-state index contributed by atoms with van der Waals surface area (Å²) in [6.45, 7) is 0. The number of benzene rings is 1. The van der Waals surface area contributed by atoms with Gasteiger partial charge in [0, 0.05) is 23.7 Å². The second kappa shape index (κ2) is 5.41. The molecule has 2 aliphatic heterocycles. The minimum Gasteiger partial charge on any atom is -0.313 e. The molecule has 0 radical (unpaired) electrons. The van der Waals surface area contributed by atoms with Crippen LogP contribution in [0.3, 0.4) is 0 Å². The van der Waals surface area contributed by atoms with Crippen molar-refractivity contribution in [2.45, 2.75) is 43.8 Å². The molecule has 2 saturated heterocycles. The molecular formula is C16H22F2N2. The zero-order chi connectivity index (χ0) is 14.3. The fourth-order valence-corrected chi connectivity index (χ4v) is 4.13. The van der Waals surface area contributed by atoms with Gasteiger partial charge < -0.3 is 10.2 Å². The molecule has 20 heavy (non-hydrogen) atoms. The van der Waals surface area contributed by atoms with Crippen LogP contribution in [0.1, 0.15) is 37.3 Å². The van der Waals surface area contributed by atoms with Crippen LogP contribution in [0.4, 0.5) is 8.78 Å². The van der Waals surface area contributed by atoms with E-state index in [1.165, 1.54) is 18.9 Å². The van der Waals surface area contributed by atoms with Crippen LogP contribution in [0.15, 0.2) is 18.2 Å². The summed E-state index contributed by atoms with van der Waals surface area (Å²) in [6, 6.07) is 5.60. The highest BCUT2D eigenvalue weighted by atomic mass is 19.2. The maximum Gasteiger partial charge on any atom is 0.163 e. The van der Waals surface area contributed by atoms with Crippen LogP contribution in [-0.2, 0) is 0 Å². The quantitative estimate of drug-likeness (QED) is 0.915. The molecule has 2 heterocycles. The number of hydrogen-bond acceptors (Lipinski definition) is 2. The van der Waals surface area contributed by atoms with E-state index >= 15 is 0 Å². The molecule has 2 bridgehead atoms. The molecular weight excluding hydrogens is 258 g/mol. The van der Waals surface area contributed by atoms with Crippen LogP contribution in [0, 0.1) is 17.6 Å². The van der Waals surface area contributed by atoms with Gasteiger partial charge in [0.25, 0.3) is 0 Å². The first-order chi connectivity index (χ1) is 9.61. The van der Waals surface area contributed by atoms with Crippen LogP contribution in [0.5, 0.6) is 0 Å². The maximum absolute atomic E-state index is 14.1. The summed E-state index contributed by atoms with van der Waals surface area (Å²) in [5.74, 6) is -1.07. The van der Waals surface area contributed by atoms with Gasteiger partial charge in [-0.15, -0.1) is 0 Å². The molecule has 3 rings (SSSR count). The Labute approximate surface area is 119 Å². The Balaban J connectivity index is 1.86. The van der Waals surface area contributed by atoms with E-state index in [0.29, 0.717) is 23.6 Å². The van der Waals surface area contributed by atoms with Crippen LogP contribution >= 0.6 is 0 Å². The fraction of sp³-hybridized carbons (Fsp3) is 0.625. The lowest BCUT2D eigenvalue weighted by Crippen LogP contribution is -2.43. The molecule has 110 valence electrons. The van der Waals surface area contributed by atoms with Crippen molar-refractivity contribution in [3.63, 3.8) is 0 Å². The molecule has 0 saturated carbocycles. The molecule has 0 aliphatic carbocycles. The topological polar surface area (TPSA) is 15.3 Å². The molecule has 2 aliphatic rings. The lowest BCUT2D eigenvalue weighted by atomic mass is 9.82. The third kappa shape index (κ3) is 2.25.